The van der Waals surface area contributed by atoms with Gasteiger partial charge in [-0.05, 0) is 24.3 Å². The summed E-state index contributed by atoms with van der Waals surface area (Å²) in [6.07, 6.45) is 0.940. The van der Waals surface area contributed by atoms with Crippen molar-refractivity contribution in [2.24, 2.45) is 0 Å². The van der Waals surface area contributed by atoms with E-state index in [0.717, 1.165) is 37.6 Å². The van der Waals surface area contributed by atoms with Gasteiger partial charge < -0.3 is 24.3 Å². The van der Waals surface area contributed by atoms with Crippen molar-refractivity contribution in [3.63, 3.8) is 0 Å². The Morgan fingerprint density at radius 3 is 2.55 bits per heavy atom. The molecule has 5 nitrogen and oxygen atoms in total. The van der Waals surface area contributed by atoms with E-state index in [2.05, 4.69) is 5.32 Å². The van der Waals surface area contributed by atoms with Gasteiger partial charge in [-0.2, -0.15) is 0 Å². The van der Waals surface area contributed by atoms with Crippen molar-refractivity contribution >= 4 is 0 Å². The summed E-state index contributed by atoms with van der Waals surface area (Å²) in [7, 11) is 3.39. The molecule has 0 aromatic heterocycles. The van der Waals surface area contributed by atoms with Crippen LogP contribution in [0.2, 0.25) is 0 Å². The third-order valence-electron chi connectivity index (χ3n) is 3.55. The summed E-state index contributed by atoms with van der Waals surface area (Å²) in [5.41, 5.74) is -0.167. The second kappa shape index (κ2) is 7.47. The number of hydrogen-bond acceptors (Lipinski definition) is 5. The fraction of sp³-hybridized carbons (Fsp3) is 0.600. The molecule has 0 bridgehead atoms. The number of rotatable bonds is 8. The molecule has 0 aliphatic carbocycles. The van der Waals surface area contributed by atoms with E-state index >= 15 is 0 Å². The van der Waals surface area contributed by atoms with Gasteiger partial charge in [0, 0.05) is 33.2 Å². The van der Waals surface area contributed by atoms with E-state index in [1.807, 2.05) is 24.3 Å². The Labute approximate surface area is 120 Å². The zero-order chi connectivity index (χ0) is 14.3. The average molecular weight is 281 g/mol. The van der Waals surface area contributed by atoms with Gasteiger partial charge in [0.15, 0.2) is 0 Å². The molecule has 0 spiro atoms. The van der Waals surface area contributed by atoms with Crippen LogP contribution < -0.4 is 14.8 Å². The standard InChI is InChI=1S/C15H23NO4/c1-17-13-3-5-14(6-4-13)20-10-8-16-11-15(18-2)7-9-19-12-15/h3-6,16H,7-12H2,1-2H3. The number of methoxy groups -OCH3 is 2. The molecular weight excluding hydrogens is 258 g/mol. The molecule has 0 saturated carbocycles. The summed E-state index contributed by atoms with van der Waals surface area (Å²) in [5.74, 6) is 1.68. The average Bonchev–Trinajstić information content (AvgIpc) is 2.97. The normalized spacial score (nSPS) is 21.9. The maximum Gasteiger partial charge on any atom is 0.119 e. The molecule has 112 valence electrons. The second-order valence-electron chi connectivity index (χ2n) is 4.89. The van der Waals surface area contributed by atoms with Crippen LogP contribution in [0.1, 0.15) is 6.42 Å². The summed E-state index contributed by atoms with van der Waals surface area (Å²) in [6, 6.07) is 7.58. The molecule has 1 atom stereocenters. The third kappa shape index (κ3) is 4.10. The monoisotopic (exact) mass is 281 g/mol. The third-order valence-corrected chi connectivity index (χ3v) is 3.55. The molecule has 5 heteroatoms. The Kier molecular flexibility index (Phi) is 5.64. The Hall–Kier alpha value is -1.30. The van der Waals surface area contributed by atoms with E-state index in [-0.39, 0.29) is 5.60 Å². The van der Waals surface area contributed by atoms with E-state index in [9.17, 15) is 0 Å². The van der Waals surface area contributed by atoms with Crippen molar-refractivity contribution in [2.75, 3.05) is 47.1 Å². The first kappa shape index (κ1) is 15.1. The van der Waals surface area contributed by atoms with Gasteiger partial charge in [-0.1, -0.05) is 0 Å². The van der Waals surface area contributed by atoms with E-state index in [0.29, 0.717) is 13.2 Å². The SMILES string of the molecule is COc1ccc(OCCNCC2(OC)CCOC2)cc1. The lowest BCUT2D eigenvalue weighted by atomic mass is 10.0. The first-order valence-electron chi connectivity index (χ1n) is 6.88. The zero-order valence-electron chi connectivity index (χ0n) is 12.2. The molecular formula is C15H23NO4. The molecule has 20 heavy (non-hydrogen) atoms. The molecule has 1 aliphatic heterocycles. The van der Waals surface area contributed by atoms with Crippen molar-refractivity contribution in [3.8, 4) is 11.5 Å². The number of benzene rings is 1. The minimum Gasteiger partial charge on any atom is -0.497 e. The first-order chi connectivity index (χ1) is 9.78. The second-order valence-corrected chi connectivity index (χ2v) is 4.89. The van der Waals surface area contributed by atoms with Crippen LogP contribution in [0.3, 0.4) is 0 Å². The van der Waals surface area contributed by atoms with Crippen LogP contribution in [0.25, 0.3) is 0 Å². The molecule has 1 aromatic carbocycles. The van der Waals surface area contributed by atoms with Crippen LogP contribution in [0, 0.1) is 0 Å². The van der Waals surface area contributed by atoms with Crippen molar-refractivity contribution in [2.45, 2.75) is 12.0 Å². The topological polar surface area (TPSA) is 49.0 Å². The molecule has 2 rings (SSSR count). The quantitative estimate of drug-likeness (QED) is 0.731. The van der Waals surface area contributed by atoms with Gasteiger partial charge in [-0.15, -0.1) is 0 Å². The highest BCUT2D eigenvalue weighted by Gasteiger charge is 2.34. The van der Waals surface area contributed by atoms with Gasteiger partial charge in [0.1, 0.15) is 23.7 Å². The van der Waals surface area contributed by atoms with Crippen LogP contribution >= 0.6 is 0 Å². The summed E-state index contributed by atoms with van der Waals surface area (Å²) < 4.78 is 21.7. The number of ether oxygens (including phenoxy) is 4. The minimum atomic E-state index is -0.167. The lowest BCUT2D eigenvalue weighted by molar-refractivity contribution is -0.0159. The lowest BCUT2D eigenvalue weighted by Gasteiger charge is -2.26. The fourth-order valence-electron chi connectivity index (χ4n) is 2.19. The first-order valence-corrected chi connectivity index (χ1v) is 6.88. The van der Waals surface area contributed by atoms with Crippen molar-refractivity contribution in [1.82, 2.24) is 5.32 Å². The van der Waals surface area contributed by atoms with Crippen LogP contribution in [-0.4, -0.2) is 52.7 Å². The van der Waals surface area contributed by atoms with Crippen LogP contribution in [0.15, 0.2) is 24.3 Å². The molecule has 1 aromatic rings. The van der Waals surface area contributed by atoms with E-state index in [1.165, 1.54) is 0 Å². The highest BCUT2D eigenvalue weighted by Crippen LogP contribution is 2.21. The summed E-state index contributed by atoms with van der Waals surface area (Å²) in [5, 5.41) is 3.36. The van der Waals surface area contributed by atoms with Gasteiger partial charge >= 0.3 is 0 Å². The lowest BCUT2D eigenvalue weighted by Crippen LogP contribution is -2.44. The van der Waals surface area contributed by atoms with Crippen LogP contribution in [0.5, 0.6) is 11.5 Å². The molecule has 1 saturated heterocycles. The summed E-state index contributed by atoms with van der Waals surface area (Å²) >= 11 is 0. The Morgan fingerprint density at radius 1 is 1.20 bits per heavy atom. The molecule has 1 N–H and O–H groups in total. The van der Waals surface area contributed by atoms with Gasteiger partial charge in [-0.25, -0.2) is 0 Å². The Morgan fingerprint density at radius 2 is 1.95 bits per heavy atom. The Balaban J connectivity index is 1.63. The summed E-state index contributed by atoms with van der Waals surface area (Å²) in [4.78, 5) is 0. The van der Waals surface area contributed by atoms with Crippen molar-refractivity contribution < 1.29 is 18.9 Å². The van der Waals surface area contributed by atoms with E-state index < -0.39 is 0 Å². The molecule has 1 aliphatic rings. The zero-order valence-corrected chi connectivity index (χ0v) is 12.2. The smallest absolute Gasteiger partial charge is 0.119 e. The Bertz CT molecular complexity index is 387. The molecule has 1 unspecified atom stereocenters. The van der Waals surface area contributed by atoms with Crippen molar-refractivity contribution in [1.29, 1.82) is 0 Å². The van der Waals surface area contributed by atoms with E-state index in [4.69, 9.17) is 18.9 Å². The van der Waals surface area contributed by atoms with Crippen molar-refractivity contribution in [3.05, 3.63) is 24.3 Å². The van der Waals surface area contributed by atoms with Gasteiger partial charge in [0.2, 0.25) is 0 Å². The van der Waals surface area contributed by atoms with Gasteiger partial charge in [-0.3, -0.25) is 0 Å². The predicted octanol–water partition coefficient (Wildman–Crippen LogP) is 1.47. The minimum absolute atomic E-state index is 0.167. The highest BCUT2D eigenvalue weighted by molar-refractivity contribution is 5.31. The molecule has 0 radical (unpaired) electrons. The maximum atomic E-state index is 5.65. The van der Waals surface area contributed by atoms with E-state index in [1.54, 1.807) is 14.2 Å². The predicted molar refractivity (Wildman–Crippen MR) is 76.5 cm³/mol. The molecule has 1 fully saturated rings. The van der Waals surface area contributed by atoms with Crippen LogP contribution in [0.4, 0.5) is 0 Å². The van der Waals surface area contributed by atoms with Gasteiger partial charge in [0.25, 0.3) is 0 Å². The van der Waals surface area contributed by atoms with Crippen LogP contribution in [-0.2, 0) is 9.47 Å². The number of hydrogen-bond donors (Lipinski definition) is 1. The molecule has 1 heterocycles. The fourth-order valence-corrected chi connectivity index (χ4v) is 2.19. The molecule has 0 amide bonds. The summed E-state index contributed by atoms with van der Waals surface area (Å²) in [6.45, 7) is 3.62. The maximum absolute atomic E-state index is 5.65. The number of nitrogens with one attached hydrogen (secondary N) is 1. The largest absolute Gasteiger partial charge is 0.497 e. The highest BCUT2D eigenvalue weighted by atomic mass is 16.5. The van der Waals surface area contributed by atoms with Gasteiger partial charge in [0.05, 0.1) is 13.7 Å².